The van der Waals surface area contributed by atoms with Crippen LogP contribution in [-0.4, -0.2) is 77.1 Å². The van der Waals surface area contributed by atoms with E-state index in [1.165, 1.54) is 0 Å². The van der Waals surface area contributed by atoms with Crippen LogP contribution >= 0.6 is 0 Å². The van der Waals surface area contributed by atoms with Crippen LogP contribution in [-0.2, 0) is 23.7 Å². The number of rotatable bonds is 24. The average Bonchev–Trinajstić information content (AvgIpc) is 3.01. The van der Waals surface area contributed by atoms with Crippen molar-refractivity contribution in [3.05, 3.63) is 23.8 Å². The van der Waals surface area contributed by atoms with Gasteiger partial charge in [-0.05, 0) is 56.7 Å². The number of ether oxygens (including phenoxy) is 7. The van der Waals surface area contributed by atoms with Crippen molar-refractivity contribution < 1.29 is 38.0 Å². The van der Waals surface area contributed by atoms with Gasteiger partial charge in [0.2, 0.25) is 0 Å². The second-order valence-electron chi connectivity index (χ2n) is 11.5. The Hall–Kier alpha value is -1.87. The van der Waals surface area contributed by atoms with E-state index < -0.39 is 18.2 Å². The standard InChI is InChI=1S/C35H60O8/c1-7-12-19-38-26-28-25-31(43-35(36)27-17-18-29(30(24-27)37-6)39-20-13-8-2)33(41-22-15-10-4)34(42-23-16-11-5)32(28)40-21-14-9-3/h17-18,24,28,31-34H,7-16,19-23,25-26H2,1-6H3. The van der Waals surface area contributed by atoms with Crippen molar-refractivity contribution in [2.45, 2.75) is 130 Å². The van der Waals surface area contributed by atoms with E-state index in [-0.39, 0.29) is 18.1 Å². The van der Waals surface area contributed by atoms with Crippen molar-refractivity contribution in [1.29, 1.82) is 0 Å². The lowest BCUT2D eigenvalue weighted by Gasteiger charge is -2.45. The van der Waals surface area contributed by atoms with Crippen molar-refractivity contribution in [3.8, 4) is 11.5 Å². The number of carbonyl (C=O) groups is 1. The highest BCUT2D eigenvalue weighted by molar-refractivity contribution is 5.90. The Labute approximate surface area is 261 Å². The van der Waals surface area contributed by atoms with Gasteiger partial charge >= 0.3 is 5.97 Å². The SMILES string of the molecule is CCCCOCC1CC(OC(=O)c2ccc(OCCCC)c(OC)c2)C(OCCCC)C(OCCCC)C1OCCCC. The van der Waals surface area contributed by atoms with Gasteiger partial charge in [-0.2, -0.15) is 0 Å². The number of unbranched alkanes of at least 4 members (excludes halogenated alkanes) is 5. The highest BCUT2D eigenvalue weighted by Crippen LogP contribution is 2.36. The van der Waals surface area contributed by atoms with Crippen LogP contribution < -0.4 is 9.47 Å². The Morgan fingerprint density at radius 1 is 0.698 bits per heavy atom. The lowest BCUT2D eigenvalue weighted by atomic mass is 9.80. The molecule has 0 saturated heterocycles. The molecule has 1 fully saturated rings. The highest BCUT2D eigenvalue weighted by atomic mass is 16.6. The molecule has 1 aromatic carbocycles. The fourth-order valence-corrected chi connectivity index (χ4v) is 5.15. The van der Waals surface area contributed by atoms with Crippen LogP contribution in [0.1, 0.15) is 116 Å². The van der Waals surface area contributed by atoms with Crippen LogP contribution in [0.25, 0.3) is 0 Å². The maximum Gasteiger partial charge on any atom is 0.338 e. The summed E-state index contributed by atoms with van der Waals surface area (Å²) in [6.45, 7) is 14.4. The predicted molar refractivity (Wildman–Crippen MR) is 170 cm³/mol. The molecule has 1 aliphatic rings. The van der Waals surface area contributed by atoms with E-state index in [9.17, 15) is 4.79 Å². The van der Waals surface area contributed by atoms with Crippen molar-refractivity contribution >= 4 is 5.97 Å². The second-order valence-corrected chi connectivity index (χ2v) is 11.5. The van der Waals surface area contributed by atoms with E-state index in [0.717, 1.165) is 64.2 Å². The largest absolute Gasteiger partial charge is 0.493 e. The summed E-state index contributed by atoms with van der Waals surface area (Å²) in [6.07, 6.45) is 9.04. The molecule has 0 aliphatic heterocycles. The van der Waals surface area contributed by atoms with Crippen molar-refractivity contribution in [2.24, 2.45) is 5.92 Å². The molecule has 0 spiro atoms. The van der Waals surface area contributed by atoms with Gasteiger partial charge in [0, 0.05) is 32.3 Å². The maximum atomic E-state index is 13.6. The summed E-state index contributed by atoms with van der Waals surface area (Å²) in [6, 6.07) is 5.20. The van der Waals surface area contributed by atoms with Gasteiger partial charge < -0.3 is 33.2 Å². The smallest absolute Gasteiger partial charge is 0.338 e. The van der Waals surface area contributed by atoms with Crippen molar-refractivity contribution in [2.75, 3.05) is 46.8 Å². The summed E-state index contributed by atoms with van der Waals surface area (Å²) in [7, 11) is 1.58. The summed E-state index contributed by atoms with van der Waals surface area (Å²) in [4.78, 5) is 13.6. The zero-order valence-corrected chi connectivity index (χ0v) is 27.9. The number of benzene rings is 1. The minimum Gasteiger partial charge on any atom is -0.493 e. The molecule has 0 amide bonds. The molecular weight excluding hydrogens is 548 g/mol. The summed E-state index contributed by atoms with van der Waals surface area (Å²) < 4.78 is 43.4. The maximum absolute atomic E-state index is 13.6. The van der Waals surface area contributed by atoms with Gasteiger partial charge in [0.1, 0.15) is 18.3 Å². The Morgan fingerprint density at radius 3 is 1.86 bits per heavy atom. The van der Waals surface area contributed by atoms with Gasteiger partial charge in [-0.25, -0.2) is 4.79 Å². The van der Waals surface area contributed by atoms with Crippen LogP contribution in [0.15, 0.2) is 18.2 Å². The first-order chi connectivity index (χ1) is 21.0. The molecule has 1 saturated carbocycles. The first-order valence-corrected chi connectivity index (χ1v) is 17.0. The minimum absolute atomic E-state index is 0.00745. The number of esters is 1. The van der Waals surface area contributed by atoms with Gasteiger partial charge in [-0.15, -0.1) is 0 Å². The van der Waals surface area contributed by atoms with Crippen molar-refractivity contribution in [3.63, 3.8) is 0 Å². The topological polar surface area (TPSA) is 81.7 Å². The summed E-state index contributed by atoms with van der Waals surface area (Å²) in [5.41, 5.74) is 0.410. The first-order valence-electron chi connectivity index (χ1n) is 17.0. The van der Waals surface area contributed by atoms with E-state index in [4.69, 9.17) is 33.2 Å². The molecule has 8 nitrogen and oxygen atoms in total. The molecule has 0 heterocycles. The molecule has 0 N–H and O–H groups in total. The lowest BCUT2D eigenvalue weighted by Crippen LogP contribution is -2.59. The fraction of sp³-hybridized carbons (Fsp3) is 0.800. The Balaban J connectivity index is 2.35. The molecule has 5 atom stereocenters. The van der Waals surface area contributed by atoms with E-state index in [1.807, 2.05) is 0 Å². The number of methoxy groups -OCH3 is 1. The Kier molecular flexibility index (Phi) is 19.6. The van der Waals surface area contributed by atoms with Crippen LogP contribution in [0.3, 0.4) is 0 Å². The molecule has 0 radical (unpaired) electrons. The molecule has 0 aromatic heterocycles. The third-order valence-electron chi connectivity index (χ3n) is 7.83. The Bertz CT molecular complexity index is 862. The van der Waals surface area contributed by atoms with Gasteiger partial charge in [0.25, 0.3) is 0 Å². The van der Waals surface area contributed by atoms with Crippen LogP contribution in [0.2, 0.25) is 0 Å². The van der Waals surface area contributed by atoms with Crippen LogP contribution in [0.5, 0.6) is 11.5 Å². The number of hydrogen-bond acceptors (Lipinski definition) is 8. The second kappa shape index (κ2) is 22.6. The molecule has 1 aromatic rings. The Morgan fingerprint density at radius 2 is 1.26 bits per heavy atom. The molecule has 5 unspecified atom stereocenters. The van der Waals surface area contributed by atoms with Crippen LogP contribution in [0, 0.1) is 5.92 Å². The van der Waals surface area contributed by atoms with E-state index in [1.54, 1.807) is 25.3 Å². The third-order valence-corrected chi connectivity index (χ3v) is 7.83. The number of hydrogen-bond donors (Lipinski definition) is 0. The molecule has 248 valence electrons. The zero-order chi connectivity index (χ0) is 31.3. The van der Waals surface area contributed by atoms with Crippen LogP contribution in [0.4, 0.5) is 0 Å². The van der Waals surface area contributed by atoms with Gasteiger partial charge in [0.15, 0.2) is 11.5 Å². The summed E-state index contributed by atoms with van der Waals surface area (Å²) in [5, 5.41) is 0. The highest BCUT2D eigenvalue weighted by Gasteiger charge is 2.49. The molecule has 43 heavy (non-hydrogen) atoms. The minimum atomic E-state index is -0.506. The lowest BCUT2D eigenvalue weighted by molar-refractivity contribution is -0.216. The van der Waals surface area contributed by atoms with Gasteiger partial charge in [-0.1, -0.05) is 66.7 Å². The quantitative estimate of drug-likeness (QED) is 0.0869. The fourth-order valence-electron chi connectivity index (χ4n) is 5.15. The normalized spacial score (nSPS) is 22.0. The monoisotopic (exact) mass is 608 g/mol. The average molecular weight is 609 g/mol. The first kappa shape index (κ1) is 37.3. The molecule has 8 heteroatoms. The van der Waals surface area contributed by atoms with Gasteiger partial charge in [-0.3, -0.25) is 0 Å². The number of carbonyl (C=O) groups excluding carboxylic acids is 1. The molecule has 0 bridgehead atoms. The van der Waals surface area contributed by atoms with Crippen molar-refractivity contribution in [1.82, 2.24) is 0 Å². The molecule has 1 aliphatic carbocycles. The third kappa shape index (κ3) is 12.9. The molecule has 2 rings (SSSR count). The zero-order valence-electron chi connectivity index (χ0n) is 27.9. The van der Waals surface area contributed by atoms with E-state index in [2.05, 4.69) is 34.6 Å². The van der Waals surface area contributed by atoms with E-state index in [0.29, 0.717) is 63.1 Å². The van der Waals surface area contributed by atoms with E-state index >= 15 is 0 Å². The summed E-state index contributed by atoms with van der Waals surface area (Å²) in [5.74, 6) is 0.716. The predicted octanol–water partition coefficient (Wildman–Crippen LogP) is 7.79. The summed E-state index contributed by atoms with van der Waals surface area (Å²) >= 11 is 0. The molecular formula is C35H60O8. The van der Waals surface area contributed by atoms with Gasteiger partial charge in [0.05, 0.1) is 32.0 Å².